The maximum Gasteiger partial charge on any atom is 0.251 e. The highest BCUT2D eigenvalue weighted by atomic mass is 16.5. The molecule has 7 nitrogen and oxygen atoms in total. The minimum Gasteiger partial charge on any atom is -0.493 e. The van der Waals surface area contributed by atoms with Crippen LogP contribution in [-0.4, -0.2) is 45.8 Å². The van der Waals surface area contributed by atoms with Crippen LogP contribution >= 0.6 is 0 Å². The molecule has 190 valence electrons. The van der Waals surface area contributed by atoms with Gasteiger partial charge in [-0.15, -0.1) is 10.2 Å². The zero-order valence-electron chi connectivity index (χ0n) is 21.3. The maximum absolute atomic E-state index is 13.1. The molecule has 1 aromatic heterocycles. The topological polar surface area (TPSA) is 72.3 Å². The Kier molecular flexibility index (Phi) is 7.96. The van der Waals surface area contributed by atoms with Gasteiger partial charge in [-0.05, 0) is 80.6 Å². The molecule has 0 saturated carbocycles. The lowest BCUT2D eigenvalue weighted by atomic mass is 9.99. The molecule has 3 heterocycles. The van der Waals surface area contributed by atoms with E-state index < -0.39 is 0 Å². The van der Waals surface area contributed by atoms with E-state index >= 15 is 0 Å². The van der Waals surface area contributed by atoms with Crippen LogP contribution < -0.4 is 10.1 Å². The number of nitrogens with one attached hydrogen (secondary N) is 1. The number of benzene rings is 2. The number of carbonyl (C=O) groups excluding carboxylic acids is 1. The molecule has 2 aliphatic rings. The summed E-state index contributed by atoms with van der Waals surface area (Å²) in [6.07, 6.45) is 8.54. The Hall–Kier alpha value is -3.19. The number of carbonyl (C=O) groups is 1. The van der Waals surface area contributed by atoms with Crippen molar-refractivity contribution in [2.45, 2.75) is 71.0 Å². The van der Waals surface area contributed by atoms with Gasteiger partial charge in [-0.1, -0.05) is 30.7 Å². The van der Waals surface area contributed by atoms with Crippen molar-refractivity contribution in [3.63, 3.8) is 0 Å². The molecule has 5 rings (SSSR count). The Morgan fingerprint density at radius 2 is 1.83 bits per heavy atom. The molecule has 36 heavy (non-hydrogen) atoms. The molecule has 1 N–H and O–H groups in total. The van der Waals surface area contributed by atoms with E-state index in [2.05, 4.69) is 56.3 Å². The van der Waals surface area contributed by atoms with Crippen molar-refractivity contribution in [3.8, 4) is 5.75 Å². The number of rotatable bonds is 3. The highest BCUT2D eigenvalue weighted by molar-refractivity contribution is 5.94. The average Bonchev–Trinajstić information content (AvgIpc) is 3.10. The normalized spacial score (nSPS) is 17.1. The summed E-state index contributed by atoms with van der Waals surface area (Å²) in [6, 6.07) is 14.6. The van der Waals surface area contributed by atoms with Crippen LogP contribution in [0.5, 0.6) is 5.75 Å². The summed E-state index contributed by atoms with van der Waals surface area (Å²) in [7, 11) is 2.19. The zero-order chi connectivity index (χ0) is 24.7. The van der Waals surface area contributed by atoms with Crippen molar-refractivity contribution in [1.82, 2.24) is 25.0 Å². The van der Waals surface area contributed by atoms with E-state index in [1.54, 1.807) is 0 Å². The van der Waals surface area contributed by atoms with E-state index in [0.29, 0.717) is 18.7 Å². The van der Waals surface area contributed by atoms with Crippen LogP contribution in [-0.2, 0) is 32.5 Å². The SMILES string of the molecule is CN1CCCCCOc2ccc(C(=O)NCc3nnc4n3CCCCC4)cc2Cc2cccc(c2)C1. The third kappa shape index (κ3) is 6.13. The molecule has 0 saturated heterocycles. The fourth-order valence-electron chi connectivity index (χ4n) is 5.23. The molecular weight excluding hydrogens is 450 g/mol. The minimum atomic E-state index is -0.0986. The number of hydrogen-bond donors (Lipinski definition) is 1. The van der Waals surface area contributed by atoms with Gasteiger partial charge in [0.25, 0.3) is 5.91 Å². The summed E-state index contributed by atoms with van der Waals surface area (Å²) in [5.74, 6) is 2.64. The average molecular weight is 488 g/mol. The maximum atomic E-state index is 13.1. The second-order valence-electron chi connectivity index (χ2n) is 10.1. The Morgan fingerprint density at radius 1 is 0.972 bits per heavy atom. The monoisotopic (exact) mass is 487 g/mol. The van der Waals surface area contributed by atoms with Crippen LogP contribution in [0.15, 0.2) is 42.5 Å². The summed E-state index contributed by atoms with van der Waals surface area (Å²) in [5.41, 5.74) is 4.23. The number of nitrogens with zero attached hydrogens (tertiary/aromatic N) is 4. The van der Waals surface area contributed by atoms with Crippen LogP contribution in [0.1, 0.15) is 77.2 Å². The molecule has 0 radical (unpaired) electrons. The zero-order valence-corrected chi connectivity index (χ0v) is 21.3. The summed E-state index contributed by atoms with van der Waals surface area (Å²) in [6.45, 7) is 4.05. The van der Waals surface area contributed by atoms with Crippen LogP contribution in [0.2, 0.25) is 0 Å². The van der Waals surface area contributed by atoms with Gasteiger partial charge in [0.05, 0.1) is 13.2 Å². The van der Waals surface area contributed by atoms with Gasteiger partial charge in [0.2, 0.25) is 0 Å². The third-order valence-corrected chi connectivity index (χ3v) is 7.20. The lowest BCUT2D eigenvalue weighted by Crippen LogP contribution is -2.25. The van der Waals surface area contributed by atoms with Crippen molar-refractivity contribution >= 4 is 5.91 Å². The summed E-state index contributed by atoms with van der Waals surface area (Å²) in [5, 5.41) is 11.8. The summed E-state index contributed by atoms with van der Waals surface area (Å²) >= 11 is 0. The standard InChI is InChI=1S/C29H37N5O2/c1-33-14-5-3-7-16-36-26-13-12-24(19-25(26)18-22-9-8-10-23(17-22)21-33)29(35)30-20-28-32-31-27-11-4-2-6-15-34(27)28/h8-10,12-13,17,19H,2-7,11,14-16,18,20-21H2,1H3,(H,30,35). The predicted molar refractivity (Wildman–Crippen MR) is 140 cm³/mol. The largest absolute Gasteiger partial charge is 0.493 e. The van der Waals surface area contributed by atoms with Crippen molar-refractivity contribution in [2.24, 2.45) is 0 Å². The van der Waals surface area contributed by atoms with E-state index in [9.17, 15) is 4.79 Å². The van der Waals surface area contributed by atoms with Gasteiger partial charge in [0.15, 0.2) is 5.82 Å². The van der Waals surface area contributed by atoms with Crippen molar-refractivity contribution in [1.29, 1.82) is 0 Å². The number of hydrogen-bond acceptors (Lipinski definition) is 5. The fourth-order valence-corrected chi connectivity index (χ4v) is 5.23. The Morgan fingerprint density at radius 3 is 2.78 bits per heavy atom. The van der Waals surface area contributed by atoms with Crippen molar-refractivity contribution in [3.05, 3.63) is 76.4 Å². The Labute approximate surface area is 213 Å². The molecule has 2 aromatic carbocycles. The highest BCUT2D eigenvalue weighted by Crippen LogP contribution is 2.25. The van der Waals surface area contributed by atoms with Crippen LogP contribution in [0, 0.1) is 0 Å². The lowest BCUT2D eigenvalue weighted by molar-refractivity contribution is 0.0949. The Balaban J connectivity index is 1.33. The van der Waals surface area contributed by atoms with Gasteiger partial charge in [0.1, 0.15) is 11.6 Å². The number of aromatic nitrogens is 3. The van der Waals surface area contributed by atoms with Gasteiger partial charge in [-0.25, -0.2) is 0 Å². The second-order valence-corrected chi connectivity index (χ2v) is 10.1. The molecule has 3 aromatic rings. The number of aryl methyl sites for hydroxylation is 1. The van der Waals surface area contributed by atoms with E-state index in [4.69, 9.17) is 4.74 Å². The molecule has 2 aliphatic heterocycles. The lowest BCUT2D eigenvalue weighted by Gasteiger charge is -2.19. The van der Waals surface area contributed by atoms with Gasteiger partial charge >= 0.3 is 0 Å². The van der Waals surface area contributed by atoms with E-state index in [0.717, 1.165) is 81.1 Å². The minimum absolute atomic E-state index is 0.0986. The molecule has 7 heteroatoms. The molecular formula is C29H37N5O2. The first-order valence-electron chi connectivity index (χ1n) is 13.4. The molecule has 0 aliphatic carbocycles. The van der Waals surface area contributed by atoms with E-state index in [1.165, 1.54) is 24.0 Å². The summed E-state index contributed by atoms with van der Waals surface area (Å²) in [4.78, 5) is 15.5. The van der Waals surface area contributed by atoms with Crippen molar-refractivity contribution in [2.75, 3.05) is 20.2 Å². The smallest absolute Gasteiger partial charge is 0.251 e. The first-order chi connectivity index (χ1) is 17.7. The van der Waals surface area contributed by atoms with Crippen molar-refractivity contribution < 1.29 is 9.53 Å². The Bertz CT molecular complexity index is 1190. The molecule has 0 spiro atoms. The first-order valence-corrected chi connectivity index (χ1v) is 13.4. The molecule has 0 fully saturated rings. The fraction of sp³-hybridized carbons (Fsp3) is 0.483. The highest BCUT2D eigenvalue weighted by Gasteiger charge is 2.17. The molecule has 0 atom stereocenters. The first kappa shape index (κ1) is 24.5. The number of amides is 1. The predicted octanol–water partition coefficient (Wildman–Crippen LogP) is 4.52. The van der Waals surface area contributed by atoms with Gasteiger partial charge in [0, 0.05) is 31.5 Å². The quantitative estimate of drug-likeness (QED) is 0.588. The summed E-state index contributed by atoms with van der Waals surface area (Å²) < 4.78 is 8.37. The molecule has 2 bridgehead atoms. The molecule has 1 amide bonds. The molecule has 0 unspecified atom stereocenters. The third-order valence-electron chi connectivity index (χ3n) is 7.20. The number of fused-ring (bicyclic) bond motifs is 4. The van der Waals surface area contributed by atoms with E-state index in [1.807, 2.05) is 18.2 Å². The van der Waals surface area contributed by atoms with Gasteiger partial charge in [-0.2, -0.15) is 0 Å². The van der Waals surface area contributed by atoms with E-state index in [-0.39, 0.29) is 5.91 Å². The second kappa shape index (κ2) is 11.7. The number of ether oxygens (including phenoxy) is 1. The van der Waals surface area contributed by atoms with Crippen LogP contribution in [0.3, 0.4) is 0 Å². The van der Waals surface area contributed by atoms with Gasteiger partial charge < -0.3 is 19.5 Å². The van der Waals surface area contributed by atoms with Gasteiger partial charge in [-0.3, -0.25) is 4.79 Å². The van der Waals surface area contributed by atoms with Crippen LogP contribution in [0.4, 0.5) is 0 Å². The van der Waals surface area contributed by atoms with Crippen LogP contribution in [0.25, 0.3) is 0 Å².